The summed E-state index contributed by atoms with van der Waals surface area (Å²) in [6, 6.07) is 11.9. The van der Waals surface area contributed by atoms with Crippen molar-refractivity contribution >= 4 is 16.9 Å². The summed E-state index contributed by atoms with van der Waals surface area (Å²) in [5.74, 6) is 1.67. The van der Waals surface area contributed by atoms with Gasteiger partial charge in [0.2, 0.25) is 0 Å². The summed E-state index contributed by atoms with van der Waals surface area (Å²) in [5.41, 5.74) is 7.40. The monoisotopic (exact) mass is 516 g/mol. The summed E-state index contributed by atoms with van der Waals surface area (Å²) in [7, 11) is 1.89. The van der Waals surface area contributed by atoms with Gasteiger partial charge in [0.25, 0.3) is 0 Å². The molecular formula is C29H28N10. The number of pyridine rings is 2. The molecule has 5 aromatic heterocycles. The van der Waals surface area contributed by atoms with E-state index in [9.17, 15) is 5.26 Å². The Balaban J connectivity index is 1.02. The van der Waals surface area contributed by atoms with Crippen molar-refractivity contribution in [3.8, 4) is 28.5 Å². The second kappa shape index (κ2) is 8.51. The molecule has 1 aliphatic carbocycles. The van der Waals surface area contributed by atoms with Crippen LogP contribution in [0.15, 0.2) is 49.1 Å². The molecule has 2 bridgehead atoms. The number of hydrogen-bond donors (Lipinski definition) is 2. The van der Waals surface area contributed by atoms with Crippen LogP contribution in [0.4, 0.5) is 5.82 Å². The number of nitriles is 1. The number of aromatic amines is 2. The van der Waals surface area contributed by atoms with Gasteiger partial charge < -0.3 is 9.88 Å². The molecule has 0 spiro atoms. The second-order valence-corrected chi connectivity index (χ2v) is 11.1. The number of nitrogens with zero attached hydrogens (tertiary/aromatic N) is 8. The third-order valence-electron chi connectivity index (χ3n) is 8.50. The first-order chi connectivity index (χ1) is 19.1. The molecule has 4 fully saturated rings. The third kappa shape index (κ3) is 3.81. The maximum Gasteiger partial charge on any atom is 0.138 e. The highest BCUT2D eigenvalue weighted by Gasteiger charge is 2.45. The quantitative estimate of drug-likeness (QED) is 0.351. The van der Waals surface area contributed by atoms with Crippen LogP contribution in [0.2, 0.25) is 0 Å². The van der Waals surface area contributed by atoms with Gasteiger partial charge in [-0.2, -0.15) is 15.5 Å². The summed E-state index contributed by atoms with van der Waals surface area (Å²) in [5, 5.41) is 22.8. The summed E-state index contributed by atoms with van der Waals surface area (Å²) >= 11 is 0. The fraction of sp³-hybridized carbons (Fsp3) is 0.345. The van der Waals surface area contributed by atoms with E-state index in [0.29, 0.717) is 23.6 Å². The minimum atomic E-state index is 0.535. The molecule has 10 heteroatoms. The van der Waals surface area contributed by atoms with Crippen LogP contribution in [0.5, 0.6) is 0 Å². The molecule has 2 atom stereocenters. The molecule has 194 valence electrons. The zero-order chi connectivity index (χ0) is 26.1. The number of H-pyrrole nitrogens is 2. The van der Waals surface area contributed by atoms with Gasteiger partial charge in [-0.3, -0.25) is 14.7 Å². The van der Waals surface area contributed by atoms with Crippen LogP contribution in [0.3, 0.4) is 0 Å². The van der Waals surface area contributed by atoms with Crippen molar-refractivity contribution in [2.75, 3.05) is 18.0 Å². The number of anilines is 1. The zero-order valence-corrected chi connectivity index (χ0v) is 21.7. The summed E-state index contributed by atoms with van der Waals surface area (Å²) < 4.78 is 1.77. The van der Waals surface area contributed by atoms with Gasteiger partial charge in [0, 0.05) is 91.0 Å². The molecule has 9 rings (SSSR count). The molecule has 0 radical (unpaired) electrons. The Bertz CT molecular complexity index is 1720. The topological polar surface area (TPSA) is 118 Å². The second-order valence-electron chi connectivity index (χ2n) is 11.1. The van der Waals surface area contributed by atoms with Crippen molar-refractivity contribution < 1.29 is 0 Å². The lowest BCUT2D eigenvalue weighted by Gasteiger charge is -2.56. The van der Waals surface area contributed by atoms with E-state index in [2.05, 4.69) is 59.3 Å². The molecule has 2 N–H and O–H groups in total. The number of piperazine rings is 1. The number of nitrogens with one attached hydrogen (secondary N) is 2. The van der Waals surface area contributed by atoms with Gasteiger partial charge in [0.05, 0.1) is 23.1 Å². The third-order valence-corrected chi connectivity index (χ3v) is 8.50. The molecule has 4 aliphatic rings. The molecular weight excluding hydrogens is 488 g/mol. The molecule has 39 heavy (non-hydrogen) atoms. The van der Waals surface area contributed by atoms with E-state index >= 15 is 0 Å². The normalized spacial score (nSPS) is 20.8. The number of aromatic nitrogens is 7. The molecule has 3 aliphatic heterocycles. The van der Waals surface area contributed by atoms with E-state index in [1.807, 2.05) is 31.7 Å². The predicted molar refractivity (Wildman–Crippen MR) is 147 cm³/mol. The number of piperidine rings is 1. The van der Waals surface area contributed by atoms with Crippen LogP contribution in [0.25, 0.3) is 33.4 Å². The Kier molecular flexibility index (Phi) is 4.91. The standard InChI is InChI=1S/C29H28N10/c1-37-13-20(12-33-37)25-8-24-28(19(9-30)11-32-29(24)34-25)18-4-5-27(31-10-18)38-15-22-7-23(16-38)39(22)14-21-6-26(36-35-21)17-2-3-17/h4-6,8,10-13,17,22-23H,2-3,7,14-16H2,1H3,(H,32,34)(H,35,36). The Morgan fingerprint density at radius 3 is 2.64 bits per heavy atom. The first-order valence-corrected chi connectivity index (χ1v) is 13.5. The van der Waals surface area contributed by atoms with Crippen LogP contribution in [0, 0.1) is 11.3 Å². The molecule has 1 saturated carbocycles. The SMILES string of the molecule is Cn1cc(-c2cc3c(-c4ccc(N5CC6CC(C5)N6Cc5cc(C6CC6)n[nH]5)nc4)c(C#N)cnc3[nH]2)cn1. The van der Waals surface area contributed by atoms with E-state index in [4.69, 9.17) is 4.98 Å². The molecule has 5 aromatic rings. The van der Waals surface area contributed by atoms with Crippen molar-refractivity contribution in [1.82, 2.24) is 39.8 Å². The smallest absolute Gasteiger partial charge is 0.138 e. The minimum absolute atomic E-state index is 0.535. The Hall–Kier alpha value is -4.49. The van der Waals surface area contributed by atoms with E-state index in [1.165, 1.54) is 30.7 Å². The van der Waals surface area contributed by atoms with Crippen molar-refractivity contribution in [2.45, 2.75) is 43.8 Å². The Morgan fingerprint density at radius 2 is 1.92 bits per heavy atom. The Morgan fingerprint density at radius 1 is 1.05 bits per heavy atom. The van der Waals surface area contributed by atoms with Gasteiger partial charge in [-0.25, -0.2) is 9.97 Å². The minimum Gasteiger partial charge on any atom is -0.353 e. The lowest BCUT2D eigenvalue weighted by Crippen LogP contribution is -2.68. The predicted octanol–water partition coefficient (Wildman–Crippen LogP) is 3.96. The molecule has 0 amide bonds. The van der Waals surface area contributed by atoms with E-state index < -0.39 is 0 Å². The lowest BCUT2D eigenvalue weighted by atomic mass is 9.87. The van der Waals surface area contributed by atoms with Gasteiger partial charge in [-0.15, -0.1) is 0 Å². The highest BCUT2D eigenvalue weighted by atomic mass is 15.4. The number of fused-ring (bicyclic) bond motifs is 3. The highest BCUT2D eigenvalue weighted by molar-refractivity contribution is 5.98. The fourth-order valence-electron chi connectivity index (χ4n) is 6.29. The summed E-state index contributed by atoms with van der Waals surface area (Å²) in [6.45, 7) is 2.89. The first-order valence-electron chi connectivity index (χ1n) is 13.5. The van der Waals surface area contributed by atoms with Gasteiger partial charge in [0.15, 0.2) is 0 Å². The fourth-order valence-corrected chi connectivity index (χ4v) is 6.29. The number of aryl methyl sites for hydroxylation is 1. The van der Waals surface area contributed by atoms with Crippen LogP contribution >= 0.6 is 0 Å². The van der Waals surface area contributed by atoms with E-state index in [-0.39, 0.29) is 0 Å². The van der Waals surface area contributed by atoms with Crippen molar-refractivity contribution in [1.29, 1.82) is 5.26 Å². The van der Waals surface area contributed by atoms with Crippen molar-refractivity contribution in [3.05, 3.63) is 66.0 Å². The van der Waals surface area contributed by atoms with E-state index in [1.54, 1.807) is 10.9 Å². The molecule has 10 nitrogen and oxygen atoms in total. The van der Waals surface area contributed by atoms with Gasteiger partial charge in [-0.1, -0.05) is 0 Å². The van der Waals surface area contributed by atoms with Gasteiger partial charge in [0.1, 0.15) is 17.5 Å². The molecule has 3 saturated heterocycles. The average Bonchev–Trinajstić information content (AvgIpc) is 3.33. The van der Waals surface area contributed by atoms with Gasteiger partial charge >= 0.3 is 0 Å². The maximum atomic E-state index is 9.87. The summed E-state index contributed by atoms with van der Waals surface area (Å²) in [4.78, 5) is 17.7. The lowest BCUT2D eigenvalue weighted by molar-refractivity contribution is -0.00968. The molecule has 8 heterocycles. The summed E-state index contributed by atoms with van der Waals surface area (Å²) in [6.07, 6.45) is 11.1. The largest absolute Gasteiger partial charge is 0.353 e. The number of rotatable bonds is 6. The first kappa shape index (κ1) is 22.5. The zero-order valence-electron chi connectivity index (χ0n) is 21.7. The Labute approximate surface area is 225 Å². The average molecular weight is 517 g/mol. The van der Waals surface area contributed by atoms with Crippen molar-refractivity contribution in [2.24, 2.45) is 7.05 Å². The van der Waals surface area contributed by atoms with Gasteiger partial charge in [-0.05, 0) is 43.5 Å². The van der Waals surface area contributed by atoms with Crippen LogP contribution in [-0.2, 0) is 13.6 Å². The molecule has 2 unspecified atom stereocenters. The van der Waals surface area contributed by atoms with Crippen LogP contribution < -0.4 is 4.90 Å². The number of hydrogen-bond acceptors (Lipinski definition) is 7. The van der Waals surface area contributed by atoms with Crippen LogP contribution in [-0.4, -0.2) is 65.0 Å². The highest BCUT2D eigenvalue weighted by Crippen LogP contribution is 2.40. The van der Waals surface area contributed by atoms with Crippen molar-refractivity contribution in [3.63, 3.8) is 0 Å². The van der Waals surface area contributed by atoms with E-state index in [0.717, 1.165) is 58.9 Å². The van der Waals surface area contributed by atoms with Crippen LogP contribution in [0.1, 0.15) is 42.1 Å². The maximum absolute atomic E-state index is 9.87. The molecule has 0 aromatic carbocycles.